The van der Waals surface area contributed by atoms with Crippen LogP contribution in [0.25, 0.3) is 0 Å². The third kappa shape index (κ3) is 4.67. The zero-order valence-electron chi connectivity index (χ0n) is 13.8. The minimum absolute atomic E-state index is 0.0331. The van der Waals surface area contributed by atoms with Crippen LogP contribution in [0, 0.1) is 5.82 Å². The summed E-state index contributed by atoms with van der Waals surface area (Å²) < 4.78 is 13.9. The predicted molar refractivity (Wildman–Crippen MR) is 102 cm³/mol. The number of halogens is 3. The first-order valence-corrected chi connectivity index (χ1v) is 8.55. The van der Waals surface area contributed by atoms with Crippen LogP contribution >= 0.6 is 23.2 Å². The molecule has 138 valence electrons. The van der Waals surface area contributed by atoms with E-state index in [1.165, 1.54) is 54.7 Å². The second-order valence-electron chi connectivity index (χ2n) is 5.53. The van der Waals surface area contributed by atoms with Crippen molar-refractivity contribution in [2.45, 2.75) is 6.61 Å². The first kappa shape index (κ1) is 18.9. The van der Waals surface area contributed by atoms with E-state index in [4.69, 9.17) is 28.0 Å². The highest BCUT2D eigenvalue weighted by Gasteiger charge is 2.14. The molecule has 3 rings (SSSR count). The molecule has 0 saturated carbocycles. The molecule has 0 radical (unpaired) electrons. The second-order valence-corrected chi connectivity index (χ2v) is 6.37. The maximum Gasteiger partial charge on any atom is 0.295 e. The van der Waals surface area contributed by atoms with Crippen LogP contribution < -0.4 is 15.7 Å². The Morgan fingerprint density at radius 3 is 2.59 bits per heavy atom. The normalized spacial score (nSPS) is 10.5. The Bertz CT molecular complexity index is 1040. The van der Waals surface area contributed by atoms with E-state index in [1.54, 1.807) is 6.07 Å². The number of rotatable bonds is 5. The zero-order chi connectivity index (χ0) is 19.4. The first-order chi connectivity index (χ1) is 12.9. The van der Waals surface area contributed by atoms with E-state index in [2.05, 4.69) is 5.32 Å². The van der Waals surface area contributed by atoms with Gasteiger partial charge in [-0.3, -0.25) is 9.59 Å². The molecule has 1 amide bonds. The number of hydrogen-bond donors (Lipinski definition) is 1. The van der Waals surface area contributed by atoms with Crippen LogP contribution in [-0.4, -0.2) is 10.6 Å². The maximum absolute atomic E-state index is 12.9. The Hall–Kier alpha value is -2.83. The van der Waals surface area contributed by atoms with E-state index < -0.39 is 11.5 Å². The summed E-state index contributed by atoms with van der Waals surface area (Å²) in [5, 5.41) is 3.23. The molecule has 5 nitrogen and oxygen atoms in total. The summed E-state index contributed by atoms with van der Waals surface area (Å²) in [6.45, 7) is 0.0331. The number of anilines is 1. The molecule has 27 heavy (non-hydrogen) atoms. The van der Waals surface area contributed by atoms with Crippen molar-refractivity contribution in [1.29, 1.82) is 0 Å². The van der Waals surface area contributed by atoms with E-state index in [1.807, 2.05) is 0 Å². The first-order valence-electron chi connectivity index (χ1n) is 7.80. The lowest BCUT2D eigenvalue weighted by Crippen LogP contribution is -2.32. The van der Waals surface area contributed by atoms with Crippen LogP contribution in [0.15, 0.2) is 65.6 Å². The van der Waals surface area contributed by atoms with Crippen LogP contribution in [0.4, 0.5) is 10.1 Å². The summed E-state index contributed by atoms with van der Waals surface area (Å²) in [6, 6.07) is 13.1. The average molecular weight is 407 g/mol. The van der Waals surface area contributed by atoms with Gasteiger partial charge in [0.05, 0.1) is 10.7 Å². The number of aromatic nitrogens is 1. The fourth-order valence-electron chi connectivity index (χ4n) is 2.26. The topological polar surface area (TPSA) is 60.3 Å². The Morgan fingerprint density at radius 2 is 1.85 bits per heavy atom. The van der Waals surface area contributed by atoms with Crippen molar-refractivity contribution in [2.75, 3.05) is 5.32 Å². The molecule has 0 unspecified atom stereocenters. The second kappa shape index (κ2) is 8.24. The molecule has 0 atom stereocenters. The summed E-state index contributed by atoms with van der Waals surface area (Å²) in [5.74, 6) is -1.02. The van der Waals surface area contributed by atoms with Crippen molar-refractivity contribution in [3.63, 3.8) is 0 Å². The lowest BCUT2D eigenvalue weighted by atomic mass is 10.2. The van der Waals surface area contributed by atoms with Gasteiger partial charge in [-0.2, -0.15) is 4.73 Å². The molecule has 3 aromatic rings. The number of carbonyl (C=O) groups is 1. The number of nitrogens with zero attached hydrogens (tertiary/aromatic N) is 1. The summed E-state index contributed by atoms with van der Waals surface area (Å²) in [5.41, 5.74) is 0.183. The Balaban J connectivity index is 1.77. The standard InChI is InChI=1S/C19H13Cl2FN2O3/c20-13-5-8-16(21)17(10-13)23-18(25)15-2-1-9-24(19(15)26)27-11-12-3-6-14(22)7-4-12/h1-10H,11H2,(H,23,25). The number of benzene rings is 2. The highest BCUT2D eigenvalue weighted by Crippen LogP contribution is 2.25. The summed E-state index contributed by atoms with van der Waals surface area (Å²) in [7, 11) is 0. The third-order valence-corrected chi connectivity index (χ3v) is 4.18. The van der Waals surface area contributed by atoms with Crippen molar-refractivity contribution in [3.05, 3.63) is 98.1 Å². The van der Waals surface area contributed by atoms with Gasteiger partial charge in [-0.25, -0.2) is 4.39 Å². The number of carbonyl (C=O) groups excluding carboxylic acids is 1. The van der Waals surface area contributed by atoms with Gasteiger partial charge in [0.25, 0.3) is 11.5 Å². The molecule has 0 fully saturated rings. The van der Waals surface area contributed by atoms with Crippen molar-refractivity contribution in [2.24, 2.45) is 0 Å². The highest BCUT2D eigenvalue weighted by molar-refractivity contribution is 6.35. The molecular formula is C19H13Cl2FN2O3. The number of pyridine rings is 1. The lowest BCUT2D eigenvalue weighted by molar-refractivity contribution is 0.0863. The predicted octanol–water partition coefficient (Wildman–Crippen LogP) is 4.18. The highest BCUT2D eigenvalue weighted by atomic mass is 35.5. The molecule has 0 spiro atoms. The largest absolute Gasteiger partial charge is 0.406 e. The van der Waals surface area contributed by atoms with E-state index in [0.29, 0.717) is 10.6 Å². The fourth-order valence-corrected chi connectivity index (χ4v) is 2.59. The molecule has 1 aromatic heterocycles. The molecule has 8 heteroatoms. The lowest BCUT2D eigenvalue weighted by Gasteiger charge is -2.11. The SMILES string of the molecule is O=C(Nc1cc(Cl)ccc1Cl)c1cccn(OCc2ccc(F)cc2)c1=O. The third-order valence-electron chi connectivity index (χ3n) is 3.62. The summed E-state index contributed by atoms with van der Waals surface area (Å²) in [6.07, 6.45) is 1.38. The molecule has 2 aromatic carbocycles. The monoisotopic (exact) mass is 406 g/mol. The van der Waals surface area contributed by atoms with Gasteiger partial charge >= 0.3 is 0 Å². The average Bonchev–Trinajstić information content (AvgIpc) is 2.65. The van der Waals surface area contributed by atoms with Gasteiger partial charge < -0.3 is 10.2 Å². The van der Waals surface area contributed by atoms with Crippen LogP contribution in [0.3, 0.4) is 0 Å². The Morgan fingerprint density at radius 1 is 1.11 bits per heavy atom. The van der Waals surface area contributed by atoms with E-state index in [9.17, 15) is 14.0 Å². The van der Waals surface area contributed by atoms with Gasteiger partial charge in [0.2, 0.25) is 0 Å². The van der Waals surface area contributed by atoms with Crippen LogP contribution in [0.2, 0.25) is 10.0 Å². The number of nitrogens with one attached hydrogen (secondary N) is 1. The summed E-state index contributed by atoms with van der Waals surface area (Å²) in [4.78, 5) is 30.3. The molecule has 0 aliphatic heterocycles. The molecular weight excluding hydrogens is 394 g/mol. The minimum atomic E-state index is -0.649. The van der Waals surface area contributed by atoms with Crippen molar-refractivity contribution >= 4 is 34.8 Å². The smallest absolute Gasteiger partial charge is 0.295 e. The molecule has 1 heterocycles. The number of amides is 1. The van der Waals surface area contributed by atoms with Gasteiger partial charge in [0.15, 0.2) is 0 Å². The molecule has 1 N–H and O–H groups in total. The van der Waals surface area contributed by atoms with Crippen molar-refractivity contribution < 1.29 is 14.0 Å². The summed E-state index contributed by atoms with van der Waals surface area (Å²) >= 11 is 11.9. The van der Waals surface area contributed by atoms with Crippen molar-refractivity contribution in [1.82, 2.24) is 4.73 Å². The van der Waals surface area contributed by atoms with Crippen LogP contribution in [0.5, 0.6) is 0 Å². The molecule has 0 aliphatic carbocycles. The van der Waals surface area contributed by atoms with E-state index in [-0.39, 0.29) is 28.7 Å². The minimum Gasteiger partial charge on any atom is -0.406 e. The van der Waals surface area contributed by atoms with Crippen LogP contribution in [0.1, 0.15) is 15.9 Å². The van der Waals surface area contributed by atoms with E-state index >= 15 is 0 Å². The number of hydrogen-bond acceptors (Lipinski definition) is 3. The fraction of sp³-hybridized carbons (Fsp3) is 0.0526. The Kier molecular flexibility index (Phi) is 5.78. The van der Waals surface area contributed by atoms with Gasteiger partial charge in [-0.1, -0.05) is 35.3 Å². The quantitative estimate of drug-likeness (QED) is 0.691. The van der Waals surface area contributed by atoms with E-state index in [0.717, 1.165) is 4.73 Å². The van der Waals surface area contributed by atoms with Gasteiger partial charge in [0.1, 0.15) is 18.0 Å². The molecule has 0 bridgehead atoms. The maximum atomic E-state index is 12.9. The molecule has 0 saturated heterocycles. The van der Waals surface area contributed by atoms with Gasteiger partial charge in [0, 0.05) is 11.2 Å². The molecule has 0 aliphatic rings. The Labute approximate surface area is 163 Å². The van der Waals surface area contributed by atoms with Crippen molar-refractivity contribution in [3.8, 4) is 0 Å². The van der Waals surface area contributed by atoms with Gasteiger partial charge in [-0.15, -0.1) is 0 Å². The van der Waals surface area contributed by atoms with Crippen LogP contribution in [-0.2, 0) is 6.61 Å². The zero-order valence-corrected chi connectivity index (χ0v) is 15.3. The van der Waals surface area contributed by atoms with Gasteiger partial charge in [-0.05, 0) is 48.0 Å².